The highest BCUT2D eigenvalue weighted by Gasteiger charge is 2.13. The minimum Gasteiger partial charge on any atom is -0.436 e. The van der Waals surface area contributed by atoms with Crippen molar-refractivity contribution in [2.45, 2.75) is 26.2 Å². The monoisotopic (exact) mass is 463 g/mol. The van der Waals surface area contributed by atoms with Gasteiger partial charge in [-0.3, -0.25) is 10.1 Å². The number of fused-ring (bicyclic) bond motifs is 1. The summed E-state index contributed by atoms with van der Waals surface area (Å²) < 4.78 is 5.96. The number of aromatic nitrogens is 1. The van der Waals surface area contributed by atoms with Crippen LogP contribution in [0.5, 0.6) is 0 Å². The Balaban J connectivity index is 1.50. The van der Waals surface area contributed by atoms with Gasteiger partial charge in [-0.1, -0.05) is 49.7 Å². The SMILES string of the molecule is CCC(C)c1ccc2oc(-c3cccc(NC(=S)NC(=O)c4ccccc4Cl)c3)nc2c1. The van der Waals surface area contributed by atoms with Gasteiger partial charge in [-0.15, -0.1) is 0 Å². The van der Waals surface area contributed by atoms with Gasteiger partial charge in [0.05, 0.1) is 10.6 Å². The van der Waals surface area contributed by atoms with E-state index < -0.39 is 0 Å². The number of nitrogens with zero attached hydrogens (tertiary/aromatic N) is 1. The van der Waals surface area contributed by atoms with Gasteiger partial charge in [-0.2, -0.15) is 0 Å². The lowest BCUT2D eigenvalue weighted by atomic mass is 9.98. The Hall–Kier alpha value is -3.22. The Bertz CT molecular complexity index is 1300. The lowest BCUT2D eigenvalue weighted by Crippen LogP contribution is -2.34. The van der Waals surface area contributed by atoms with E-state index in [4.69, 9.17) is 28.2 Å². The summed E-state index contributed by atoms with van der Waals surface area (Å²) in [4.78, 5) is 17.1. The van der Waals surface area contributed by atoms with Gasteiger partial charge in [-0.25, -0.2) is 4.98 Å². The molecular formula is C25H22ClN3O2S. The normalized spacial score (nSPS) is 11.8. The molecular weight excluding hydrogens is 442 g/mol. The Morgan fingerprint density at radius 1 is 1.12 bits per heavy atom. The van der Waals surface area contributed by atoms with Crippen LogP contribution in [0.2, 0.25) is 5.02 Å². The van der Waals surface area contributed by atoms with E-state index in [1.54, 1.807) is 24.3 Å². The fourth-order valence-electron chi connectivity index (χ4n) is 3.32. The number of hydrogen-bond acceptors (Lipinski definition) is 4. The number of oxazole rings is 1. The second-order valence-corrected chi connectivity index (χ2v) is 8.34. The first-order chi connectivity index (χ1) is 15.4. The molecule has 162 valence electrons. The number of carbonyl (C=O) groups is 1. The predicted molar refractivity (Wildman–Crippen MR) is 133 cm³/mol. The van der Waals surface area contributed by atoms with Crippen LogP contribution in [-0.4, -0.2) is 16.0 Å². The molecule has 0 bridgehead atoms. The molecule has 2 N–H and O–H groups in total. The Morgan fingerprint density at radius 3 is 2.72 bits per heavy atom. The van der Waals surface area contributed by atoms with Gasteiger partial charge in [0.1, 0.15) is 5.52 Å². The number of rotatable bonds is 5. The summed E-state index contributed by atoms with van der Waals surface area (Å²) in [6, 6.07) is 20.4. The maximum Gasteiger partial charge on any atom is 0.258 e. The van der Waals surface area contributed by atoms with Crippen LogP contribution in [0.3, 0.4) is 0 Å². The molecule has 7 heteroatoms. The first-order valence-electron chi connectivity index (χ1n) is 10.3. The van der Waals surface area contributed by atoms with Crippen LogP contribution >= 0.6 is 23.8 Å². The van der Waals surface area contributed by atoms with Crippen LogP contribution in [0.1, 0.15) is 42.1 Å². The van der Waals surface area contributed by atoms with Gasteiger partial charge in [-0.05, 0) is 72.6 Å². The number of amides is 1. The van der Waals surface area contributed by atoms with Gasteiger partial charge in [0.15, 0.2) is 10.7 Å². The molecule has 0 aliphatic heterocycles. The number of hydrogen-bond donors (Lipinski definition) is 2. The van der Waals surface area contributed by atoms with Gasteiger partial charge >= 0.3 is 0 Å². The molecule has 0 saturated carbocycles. The molecule has 0 aliphatic rings. The first kappa shape index (κ1) is 22.0. The summed E-state index contributed by atoms with van der Waals surface area (Å²) in [6.07, 6.45) is 1.07. The van der Waals surface area contributed by atoms with Crippen molar-refractivity contribution in [3.63, 3.8) is 0 Å². The van der Waals surface area contributed by atoms with Crippen LogP contribution in [0, 0.1) is 0 Å². The lowest BCUT2D eigenvalue weighted by molar-refractivity contribution is 0.0978. The van der Waals surface area contributed by atoms with E-state index in [9.17, 15) is 4.79 Å². The van der Waals surface area contributed by atoms with Crippen molar-refractivity contribution >= 4 is 51.6 Å². The molecule has 32 heavy (non-hydrogen) atoms. The Kier molecular flexibility index (Phi) is 6.53. The van der Waals surface area contributed by atoms with Crippen molar-refractivity contribution in [3.05, 3.63) is 82.9 Å². The average molecular weight is 464 g/mol. The summed E-state index contributed by atoms with van der Waals surface area (Å²) in [5.74, 6) is 0.616. The highest BCUT2D eigenvalue weighted by atomic mass is 35.5. The summed E-state index contributed by atoms with van der Waals surface area (Å²) in [7, 11) is 0. The molecule has 3 aromatic carbocycles. The number of halogens is 1. The van der Waals surface area contributed by atoms with Crippen molar-refractivity contribution in [1.29, 1.82) is 0 Å². The maximum atomic E-state index is 12.4. The van der Waals surface area contributed by atoms with Gasteiger partial charge in [0.2, 0.25) is 5.89 Å². The molecule has 1 heterocycles. The molecule has 1 unspecified atom stereocenters. The number of thiocarbonyl (C=S) groups is 1. The second kappa shape index (κ2) is 9.51. The maximum absolute atomic E-state index is 12.4. The smallest absolute Gasteiger partial charge is 0.258 e. The summed E-state index contributed by atoms with van der Waals surface area (Å²) in [6.45, 7) is 4.37. The zero-order valence-corrected chi connectivity index (χ0v) is 19.3. The largest absolute Gasteiger partial charge is 0.436 e. The van der Waals surface area contributed by atoms with E-state index in [0.717, 1.165) is 23.1 Å². The van der Waals surface area contributed by atoms with E-state index in [1.165, 1.54) is 5.56 Å². The molecule has 1 amide bonds. The molecule has 4 rings (SSSR count). The average Bonchev–Trinajstić information content (AvgIpc) is 3.22. The summed E-state index contributed by atoms with van der Waals surface area (Å²) in [5, 5.41) is 6.20. The molecule has 0 fully saturated rings. The number of anilines is 1. The number of benzene rings is 3. The van der Waals surface area contributed by atoms with Crippen molar-refractivity contribution in [3.8, 4) is 11.5 Å². The Morgan fingerprint density at radius 2 is 1.94 bits per heavy atom. The molecule has 0 spiro atoms. The molecule has 0 aliphatic carbocycles. The Labute approximate surface area is 196 Å². The van der Waals surface area contributed by atoms with Crippen molar-refractivity contribution in [2.75, 3.05) is 5.32 Å². The second-order valence-electron chi connectivity index (χ2n) is 7.52. The highest BCUT2D eigenvalue weighted by Crippen LogP contribution is 2.29. The fourth-order valence-corrected chi connectivity index (χ4v) is 3.75. The van der Waals surface area contributed by atoms with Gasteiger partial charge in [0.25, 0.3) is 5.91 Å². The third kappa shape index (κ3) is 4.82. The van der Waals surface area contributed by atoms with Gasteiger partial charge in [0, 0.05) is 11.3 Å². The highest BCUT2D eigenvalue weighted by molar-refractivity contribution is 7.80. The lowest BCUT2D eigenvalue weighted by Gasteiger charge is -2.10. The van der Waals surface area contributed by atoms with Crippen LogP contribution in [0.25, 0.3) is 22.6 Å². The molecule has 0 saturated heterocycles. The quantitative estimate of drug-likeness (QED) is 0.319. The number of carbonyl (C=O) groups excluding carboxylic acids is 1. The predicted octanol–water partition coefficient (Wildman–Crippen LogP) is 6.79. The minimum absolute atomic E-state index is 0.169. The van der Waals surface area contributed by atoms with E-state index in [2.05, 4.69) is 41.6 Å². The summed E-state index contributed by atoms with van der Waals surface area (Å²) in [5.41, 5.74) is 4.68. The van der Waals surface area contributed by atoms with E-state index in [1.807, 2.05) is 30.3 Å². The standard InChI is InChI=1S/C25H22ClN3O2S/c1-3-15(2)16-11-12-22-21(14-16)28-24(31-22)17-7-6-8-18(13-17)27-25(32)29-23(30)19-9-4-5-10-20(19)26/h4-15H,3H2,1-2H3,(H2,27,29,30,32). The van der Waals surface area contributed by atoms with E-state index in [-0.39, 0.29) is 11.0 Å². The molecule has 1 atom stereocenters. The molecule has 0 radical (unpaired) electrons. The number of nitrogens with one attached hydrogen (secondary N) is 2. The van der Waals surface area contributed by atoms with Crippen LogP contribution < -0.4 is 10.6 Å². The van der Waals surface area contributed by atoms with Crippen molar-refractivity contribution in [2.24, 2.45) is 0 Å². The van der Waals surface area contributed by atoms with Crippen LogP contribution in [-0.2, 0) is 0 Å². The zero-order valence-electron chi connectivity index (χ0n) is 17.7. The zero-order chi connectivity index (χ0) is 22.7. The van der Waals surface area contributed by atoms with Crippen molar-refractivity contribution in [1.82, 2.24) is 10.3 Å². The fraction of sp³-hybridized carbons (Fsp3) is 0.160. The van der Waals surface area contributed by atoms with E-state index >= 15 is 0 Å². The third-order valence-corrected chi connectivity index (χ3v) is 5.84. The molecule has 5 nitrogen and oxygen atoms in total. The summed E-state index contributed by atoms with van der Waals surface area (Å²) >= 11 is 11.4. The molecule has 4 aromatic rings. The topological polar surface area (TPSA) is 67.2 Å². The van der Waals surface area contributed by atoms with E-state index in [0.29, 0.717) is 28.1 Å². The van der Waals surface area contributed by atoms with Crippen molar-refractivity contribution < 1.29 is 9.21 Å². The van der Waals surface area contributed by atoms with Crippen LogP contribution in [0.4, 0.5) is 5.69 Å². The minimum atomic E-state index is -0.375. The molecule has 1 aromatic heterocycles. The van der Waals surface area contributed by atoms with Gasteiger partial charge < -0.3 is 9.73 Å². The first-order valence-corrected chi connectivity index (χ1v) is 11.1. The third-order valence-electron chi connectivity index (χ3n) is 5.31. The van der Waals surface area contributed by atoms with Crippen LogP contribution in [0.15, 0.2) is 71.1 Å².